The van der Waals surface area contributed by atoms with Crippen LogP contribution in [0.25, 0.3) is 0 Å². The summed E-state index contributed by atoms with van der Waals surface area (Å²) in [5, 5.41) is 3.68. The molecule has 1 aliphatic heterocycles. The molecule has 1 heterocycles. The molecular formula is C16H30N2O2. The van der Waals surface area contributed by atoms with E-state index in [9.17, 15) is 4.79 Å². The van der Waals surface area contributed by atoms with Crippen molar-refractivity contribution in [2.45, 2.75) is 69.9 Å². The van der Waals surface area contributed by atoms with Crippen LogP contribution in [0, 0.1) is 0 Å². The molecule has 2 aliphatic rings. The molecule has 4 nitrogen and oxygen atoms in total. The number of ether oxygens (including phenoxy) is 1. The minimum absolute atomic E-state index is 0.0530. The van der Waals surface area contributed by atoms with E-state index < -0.39 is 5.54 Å². The van der Waals surface area contributed by atoms with E-state index in [2.05, 4.69) is 17.1 Å². The van der Waals surface area contributed by atoms with Crippen LogP contribution < -0.4 is 5.32 Å². The zero-order valence-corrected chi connectivity index (χ0v) is 13.1. The van der Waals surface area contributed by atoms with Crippen molar-refractivity contribution in [3.05, 3.63) is 0 Å². The summed E-state index contributed by atoms with van der Waals surface area (Å²) in [5.74, 6) is -0.0530. The van der Waals surface area contributed by atoms with Gasteiger partial charge in [0.05, 0.1) is 7.11 Å². The molecule has 1 saturated heterocycles. The minimum Gasteiger partial charge on any atom is -0.468 e. The van der Waals surface area contributed by atoms with Crippen molar-refractivity contribution in [3.63, 3.8) is 0 Å². The summed E-state index contributed by atoms with van der Waals surface area (Å²) >= 11 is 0. The van der Waals surface area contributed by atoms with Gasteiger partial charge in [-0.1, -0.05) is 19.8 Å². The number of rotatable bonds is 5. The largest absolute Gasteiger partial charge is 0.468 e. The van der Waals surface area contributed by atoms with Crippen LogP contribution in [0.1, 0.15) is 58.3 Å². The first kappa shape index (κ1) is 15.8. The predicted molar refractivity (Wildman–Crippen MR) is 80.7 cm³/mol. The zero-order chi connectivity index (χ0) is 14.4. The van der Waals surface area contributed by atoms with Crippen LogP contribution in [0.4, 0.5) is 0 Å². The Morgan fingerprint density at radius 3 is 2.65 bits per heavy atom. The monoisotopic (exact) mass is 282 g/mol. The number of likely N-dealkylation sites (tertiary alicyclic amines) is 1. The molecule has 0 amide bonds. The van der Waals surface area contributed by atoms with E-state index in [4.69, 9.17) is 4.74 Å². The fourth-order valence-electron chi connectivity index (χ4n) is 3.79. The second-order valence-electron chi connectivity index (χ2n) is 6.39. The molecule has 1 saturated carbocycles. The molecule has 0 aromatic rings. The van der Waals surface area contributed by atoms with Gasteiger partial charge >= 0.3 is 5.97 Å². The molecule has 1 aliphatic carbocycles. The Labute approximate surface area is 123 Å². The maximum Gasteiger partial charge on any atom is 0.326 e. The maximum absolute atomic E-state index is 12.4. The molecule has 0 aromatic carbocycles. The molecule has 1 unspecified atom stereocenters. The highest BCUT2D eigenvalue weighted by molar-refractivity contribution is 5.80. The lowest BCUT2D eigenvalue weighted by atomic mass is 9.89. The van der Waals surface area contributed by atoms with Crippen LogP contribution in [0.5, 0.6) is 0 Å². The standard InChI is InChI=1S/C16H30N2O2/c1-3-11-18-12-6-9-16(10-13-18,15(19)20-2)17-14-7-4-5-8-14/h14,17H,3-13H2,1-2H3. The number of hydrogen-bond acceptors (Lipinski definition) is 4. The Hall–Kier alpha value is -0.610. The molecule has 116 valence electrons. The summed E-state index contributed by atoms with van der Waals surface area (Å²) in [7, 11) is 1.52. The number of carbonyl (C=O) groups is 1. The average Bonchev–Trinajstić information content (AvgIpc) is 2.87. The minimum atomic E-state index is -0.438. The van der Waals surface area contributed by atoms with Crippen molar-refractivity contribution in [2.24, 2.45) is 0 Å². The fraction of sp³-hybridized carbons (Fsp3) is 0.938. The van der Waals surface area contributed by atoms with Gasteiger partial charge in [0.15, 0.2) is 0 Å². The van der Waals surface area contributed by atoms with Gasteiger partial charge in [0.2, 0.25) is 0 Å². The normalized spacial score (nSPS) is 29.3. The van der Waals surface area contributed by atoms with Gasteiger partial charge in [0, 0.05) is 12.6 Å². The van der Waals surface area contributed by atoms with Crippen LogP contribution in [0.2, 0.25) is 0 Å². The van der Waals surface area contributed by atoms with Crippen molar-refractivity contribution in [1.29, 1.82) is 0 Å². The van der Waals surface area contributed by atoms with E-state index in [0.717, 1.165) is 38.9 Å². The Kier molecular flexibility index (Phi) is 5.85. The quantitative estimate of drug-likeness (QED) is 0.786. The molecule has 0 bridgehead atoms. The molecule has 0 radical (unpaired) electrons. The number of nitrogens with one attached hydrogen (secondary N) is 1. The van der Waals surface area contributed by atoms with E-state index in [1.165, 1.54) is 39.2 Å². The Bertz CT molecular complexity index is 316. The van der Waals surface area contributed by atoms with Gasteiger partial charge in [-0.2, -0.15) is 0 Å². The number of nitrogens with zero attached hydrogens (tertiary/aromatic N) is 1. The maximum atomic E-state index is 12.4. The lowest BCUT2D eigenvalue weighted by Gasteiger charge is -2.34. The first-order valence-electron chi connectivity index (χ1n) is 8.28. The van der Waals surface area contributed by atoms with Crippen molar-refractivity contribution in [2.75, 3.05) is 26.7 Å². The third kappa shape index (κ3) is 3.73. The fourth-order valence-corrected chi connectivity index (χ4v) is 3.79. The lowest BCUT2D eigenvalue weighted by molar-refractivity contribution is -0.149. The summed E-state index contributed by atoms with van der Waals surface area (Å²) in [6.45, 7) is 5.47. The number of esters is 1. The highest BCUT2D eigenvalue weighted by Gasteiger charge is 2.42. The summed E-state index contributed by atoms with van der Waals surface area (Å²) in [4.78, 5) is 14.9. The molecule has 20 heavy (non-hydrogen) atoms. The third-order valence-corrected chi connectivity index (χ3v) is 4.88. The SMILES string of the molecule is CCCN1CCCC(NC2CCCC2)(C(=O)OC)CC1. The zero-order valence-electron chi connectivity index (χ0n) is 13.1. The van der Waals surface area contributed by atoms with Crippen molar-refractivity contribution in [3.8, 4) is 0 Å². The summed E-state index contributed by atoms with van der Waals surface area (Å²) in [5.41, 5.74) is -0.438. The van der Waals surface area contributed by atoms with E-state index >= 15 is 0 Å². The first-order chi connectivity index (χ1) is 9.70. The Morgan fingerprint density at radius 2 is 2.00 bits per heavy atom. The summed E-state index contributed by atoms with van der Waals surface area (Å²) in [6, 6.07) is 0.506. The van der Waals surface area contributed by atoms with E-state index in [1.54, 1.807) is 0 Å². The molecular weight excluding hydrogens is 252 g/mol. The number of carbonyl (C=O) groups excluding carboxylic acids is 1. The average molecular weight is 282 g/mol. The van der Waals surface area contributed by atoms with Gasteiger partial charge in [0.25, 0.3) is 0 Å². The van der Waals surface area contributed by atoms with E-state index in [1.807, 2.05) is 0 Å². The van der Waals surface area contributed by atoms with E-state index in [-0.39, 0.29) is 5.97 Å². The van der Waals surface area contributed by atoms with Crippen molar-refractivity contribution >= 4 is 5.97 Å². The Morgan fingerprint density at radius 1 is 1.25 bits per heavy atom. The van der Waals surface area contributed by atoms with Crippen LogP contribution in [0.15, 0.2) is 0 Å². The van der Waals surface area contributed by atoms with Crippen LogP contribution in [-0.4, -0.2) is 49.2 Å². The third-order valence-electron chi connectivity index (χ3n) is 4.88. The molecule has 1 N–H and O–H groups in total. The highest BCUT2D eigenvalue weighted by Crippen LogP contribution is 2.28. The van der Waals surface area contributed by atoms with Gasteiger partial charge in [-0.25, -0.2) is 0 Å². The molecule has 0 spiro atoms. The molecule has 2 rings (SSSR count). The number of methoxy groups -OCH3 is 1. The first-order valence-corrected chi connectivity index (χ1v) is 8.28. The molecule has 4 heteroatoms. The second kappa shape index (κ2) is 7.41. The highest BCUT2D eigenvalue weighted by atomic mass is 16.5. The van der Waals surface area contributed by atoms with Gasteiger partial charge in [-0.05, 0) is 51.6 Å². The topological polar surface area (TPSA) is 41.6 Å². The van der Waals surface area contributed by atoms with Gasteiger partial charge < -0.3 is 9.64 Å². The lowest BCUT2D eigenvalue weighted by Crippen LogP contribution is -2.56. The predicted octanol–water partition coefficient (Wildman–Crippen LogP) is 2.33. The molecule has 1 atom stereocenters. The summed E-state index contributed by atoms with van der Waals surface area (Å²) < 4.78 is 5.13. The van der Waals surface area contributed by atoms with Crippen LogP contribution in [0.3, 0.4) is 0 Å². The van der Waals surface area contributed by atoms with Gasteiger partial charge in [-0.3, -0.25) is 10.1 Å². The van der Waals surface area contributed by atoms with E-state index in [0.29, 0.717) is 6.04 Å². The van der Waals surface area contributed by atoms with Gasteiger partial charge in [0.1, 0.15) is 5.54 Å². The molecule has 0 aromatic heterocycles. The smallest absolute Gasteiger partial charge is 0.326 e. The van der Waals surface area contributed by atoms with Crippen molar-refractivity contribution in [1.82, 2.24) is 10.2 Å². The summed E-state index contributed by atoms with van der Waals surface area (Å²) in [6.07, 6.45) is 9.05. The number of hydrogen-bond donors (Lipinski definition) is 1. The molecule has 2 fully saturated rings. The second-order valence-corrected chi connectivity index (χ2v) is 6.39. The van der Waals surface area contributed by atoms with Gasteiger partial charge in [-0.15, -0.1) is 0 Å². The van der Waals surface area contributed by atoms with Crippen LogP contribution in [-0.2, 0) is 9.53 Å². The van der Waals surface area contributed by atoms with Crippen molar-refractivity contribution < 1.29 is 9.53 Å². The van der Waals surface area contributed by atoms with Crippen LogP contribution >= 0.6 is 0 Å². The Balaban J connectivity index is 2.04.